The Balaban J connectivity index is 1.70. The second-order valence-corrected chi connectivity index (χ2v) is 9.16. The lowest BCUT2D eigenvalue weighted by atomic mass is 9.99. The lowest BCUT2D eigenvalue weighted by Crippen LogP contribution is -2.36. The Labute approximate surface area is 198 Å². The van der Waals surface area contributed by atoms with Crippen LogP contribution in [-0.2, 0) is 13.1 Å². The predicted molar refractivity (Wildman–Crippen MR) is 129 cm³/mol. The van der Waals surface area contributed by atoms with Gasteiger partial charge in [0, 0.05) is 30.8 Å². The molecule has 3 aromatic heterocycles. The van der Waals surface area contributed by atoms with E-state index in [0.717, 1.165) is 22.2 Å². The van der Waals surface area contributed by atoms with Gasteiger partial charge in [0.1, 0.15) is 12.3 Å². The fraction of sp³-hybridized carbons (Fsp3) is 0.440. The van der Waals surface area contributed by atoms with E-state index < -0.39 is 0 Å². The van der Waals surface area contributed by atoms with Crippen molar-refractivity contribution in [2.75, 3.05) is 13.2 Å². The molecule has 0 spiro atoms. The number of H-pyrrole nitrogens is 1. The largest absolute Gasteiger partial charge is 0.467 e. The normalized spacial score (nSPS) is 12.8. The minimum absolute atomic E-state index is 0.0607. The Morgan fingerprint density at radius 3 is 2.71 bits per heavy atom. The topological polar surface area (TPSA) is 113 Å². The van der Waals surface area contributed by atoms with Gasteiger partial charge in [0.05, 0.1) is 12.3 Å². The molecule has 0 aliphatic carbocycles. The van der Waals surface area contributed by atoms with Crippen LogP contribution in [0.1, 0.15) is 54.6 Å². The third-order valence-electron chi connectivity index (χ3n) is 6.25. The van der Waals surface area contributed by atoms with E-state index in [9.17, 15) is 9.90 Å². The van der Waals surface area contributed by atoms with Crippen LogP contribution in [0.4, 0.5) is 0 Å². The van der Waals surface area contributed by atoms with Crippen molar-refractivity contribution in [2.24, 2.45) is 5.92 Å². The van der Waals surface area contributed by atoms with E-state index in [0.29, 0.717) is 37.4 Å². The van der Waals surface area contributed by atoms with E-state index in [4.69, 9.17) is 4.42 Å². The van der Waals surface area contributed by atoms with Crippen LogP contribution in [0.5, 0.6) is 0 Å². The molecule has 1 atom stereocenters. The van der Waals surface area contributed by atoms with Gasteiger partial charge in [-0.15, -0.1) is 5.10 Å². The van der Waals surface area contributed by atoms with Crippen molar-refractivity contribution in [1.29, 1.82) is 0 Å². The van der Waals surface area contributed by atoms with Crippen LogP contribution in [0.2, 0.25) is 0 Å². The van der Waals surface area contributed by atoms with Crippen LogP contribution in [0, 0.1) is 19.8 Å². The number of hydrogen-bond acceptors (Lipinski definition) is 7. The molecule has 0 radical (unpaired) electrons. The summed E-state index contributed by atoms with van der Waals surface area (Å²) in [6.07, 6.45) is 2.20. The Morgan fingerprint density at radius 2 is 2.00 bits per heavy atom. The molecule has 0 amide bonds. The quantitative estimate of drug-likeness (QED) is 0.370. The van der Waals surface area contributed by atoms with E-state index in [2.05, 4.69) is 52.2 Å². The molecule has 0 bridgehead atoms. The third kappa shape index (κ3) is 5.10. The van der Waals surface area contributed by atoms with Crippen LogP contribution >= 0.6 is 0 Å². The molecule has 0 aliphatic rings. The Bertz CT molecular complexity index is 1290. The second kappa shape index (κ2) is 10.3. The molecule has 34 heavy (non-hydrogen) atoms. The van der Waals surface area contributed by atoms with Gasteiger partial charge < -0.3 is 14.5 Å². The van der Waals surface area contributed by atoms with E-state index in [1.807, 2.05) is 31.2 Å². The molecule has 9 nitrogen and oxygen atoms in total. The number of tetrazole rings is 1. The van der Waals surface area contributed by atoms with Crippen molar-refractivity contribution in [1.82, 2.24) is 30.1 Å². The van der Waals surface area contributed by atoms with Gasteiger partial charge in [0.2, 0.25) is 0 Å². The predicted octanol–water partition coefficient (Wildman–Crippen LogP) is 3.35. The molecule has 3 heterocycles. The highest BCUT2D eigenvalue weighted by molar-refractivity contribution is 5.80. The molecule has 0 saturated heterocycles. The number of aromatic nitrogens is 5. The van der Waals surface area contributed by atoms with Crippen LogP contribution in [0.3, 0.4) is 0 Å². The zero-order valence-electron chi connectivity index (χ0n) is 20.2. The molecule has 2 N–H and O–H groups in total. The van der Waals surface area contributed by atoms with E-state index in [-0.39, 0.29) is 24.1 Å². The van der Waals surface area contributed by atoms with Crippen molar-refractivity contribution >= 4 is 10.9 Å². The maximum atomic E-state index is 13.0. The number of aromatic amines is 1. The van der Waals surface area contributed by atoms with Crippen LogP contribution < -0.4 is 5.56 Å². The smallest absolute Gasteiger partial charge is 0.252 e. The number of furan rings is 1. The summed E-state index contributed by atoms with van der Waals surface area (Å²) in [6.45, 7) is 9.82. The number of aliphatic hydroxyl groups is 1. The number of pyridine rings is 1. The minimum atomic E-state index is -0.161. The average Bonchev–Trinajstić information content (AvgIpc) is 3.47. The summed E-state index contributed by atoms with van der Waals surface area (Å²) in [5.41, 5.74) is 3.72. The Morgan fingerprint density at radius 1 is 1.21 bits per heavy atom. The maximum absolute atomic E-state index is 13.0. The van der Waals surface area contributed by atoms with Gasteiger partial charge in [0.15, 0.2) is 5.82 Å². The van der Waals surface area contributed by atoms with Crippen molar-refractivity contribution in [2.45, 2.75) is 53.2 Å². The van der Waals surface area contributed by atoms with Crippen molar-refractivity contribution in [3.63, 3.8) is 0 Å². The SMILES string of the molecule is Cc1cc2cc(CN(CCCO)[C@H](c3nnnn3Cc3ccco3)C(C)C)c(=O)[nH]c2cc1C. The van der Waals surface area contributed by atoms with Gasteiger partial charge in [-0.25, -0.2) is 4.68 Å². The lowest BCUT2D eigenvalue weighted by Gasteiger charge is -2.33. The molecule has 0 saturated carbocycles. The molecule has 180 valence electrons. The number of nitrogens with zero attached hydrogens (tertiary/aromatic N) is 5. The molecule has 1 aromatic carbocycles. The number of aliphatic hydroxyl groups excluding tert-OH is 1. The number of fused-ring (bicyclic) bond motifs is 1. The first-order valence-corrected chi connectivity index (χ1v) is 11.6. The highest BCUT2D eigenvalue weighted by atomic mass is 16.3. The highest BCUT2D eigenvalue weighted by Gasteiger charge is 2.30. The summed E-state index contributed by atoms with van der Waals surface area (Å²) in [5, 5.41) is 23.0. The van der Waals surface area contributed by atoms with Crippen molar-refractivity contribution in [3.8, 4) is 0 Å². The molecular weight excluding hydrogens is 432 g/mol. The molecule has 9 heteroatoms. The number of benzene rings is 1. The third-order valence-corrected chi connectivity index (χ3v) is 6.25. The van der Waals surface area contributed by atoms with Gasteiger partial charge >= 0.3 is 0 Å². The summed E-state index contributed by atoms with van der Waals surface area (Å²) < 4.78 is 7.23. The van der Waals surface area contributed by atoms with Gasteiger partial charge in [-0.3, -0.25) is 9.69 Å². The number of hydrogen-bond donors (Lipinski definition) is 2. The van der Waals surface area contributed by atoms with Crippen LogP contribution in [0.15, 0.2) is 45.8 Å². The minimum Gasteiger partial charge on any atom is -0.467 e. The lowest BCUT2D eigenvalue weighted by molar-refractivity contribution is 0.122. The number of rotatable bonds is 10. The zero-order valence-corrected chi connectivity index (χ0v) is 20.2. The molecular formula is C25H32N6O3. The summed E-state index contributed by atoms with van der Waals surface area (Å²) in [5.74, 6) is 1.62. The zero-order chi connectivity index (χ0) is 24.2. The van der Waals surface area contributed by atoms with Gasteiger partial charge in [-0.2, -0.15) is 0 Å². The first-order valence-electron chi connectivity index (χ1n) is 11.6. The monoisotopic (exact) mass is 464 g/mol. The molecule has 4 rings (SSSR count). The standard InChI is InChI=1S/C25H32N6O3/c1-16(2)23(24-27-28-29-31(24)15-21-7-5-10-34-21)30(8-6-9-32)14-20-13-19-11-17(3)18(4)12-22(19)26-25(20)33/h5,7,10-13,16,23,32H,6,8-9,14-15H2,1-4H3,(H,26,33)/t23-/m0/s1. The fourth-order valence-corrected chi connectivity index (χ4v) is 4.42. The summed E-state index contributed by atoms with van der Waals surface area (Å²) in [4.78, 5) is 18.2. The first kappa shape index (κ1) is 23.8. The fourth-order valence-electron chi connectivity index (χ4n) is 4.42. The molecule has 0 aliphatic heterocycles. The first-order chi connectivity index (χ1) is 16.4. The average molecular weight is 465 g/mol. The molecule has 0 unspecified atom stereocenters. The van der Waals surface area contributed by atoms with Crippen molar-refractivity contribution < 1.29 is 9.52 Å². The van der Waals surface area contributed by atoms with Crippen molar-refractivity contribution in [3.05, 3.63) is 75.2 Å². The number of aryl methyl sites for hydroxylation is 2. The molecule has 0 fully saturated rings. The van der Waals surface area contributed by atoms with Crippen LogP contribution in [-0.4, -0.2) is 48.3 Å². The summed E-state index contributed by atoms with van der Waals surface area (Å²) in [6, 6.07) is 9.65. The van der Waals surface area contributed by atoms with E-state index in [1.165, 1.54) is 5.56 Å². The van der Waals surface area contributed by atoms with Gasteiger partial charge in [-0.05, 0) is 83.5 Å². The van der Waals surface area contributed by atoms with E-state index in [1.54, 1.807) is 10.9 Å². The second-order valence-electron chi connectivity index (χ2n) is 9.16. The van der Waals surface area contributed by atoms with E-state index >= 15 is 0 Å². The highest BCUT2D eigenvalue weighted by Crippen LogP contribution is 2.29. The summed E-state index contributed by atoms with van der Waals surface area (Å²) >= 11 is 0. The Hall–Kier alpha value is -3.30. The van der Waals surface area contributed by atoms with Crippen LogP contribution in [0.25, 0.3) is 10.9 Å². The molecule has 4 aromatic rings. The summed E-state index contributed by atoms with van der Waals surface area (Å²) in [7, 11) is 0. The van der Waals surface area contributed by atoms with Gasteiger partial charge in [-0.1, -0.05) is 13.8 Å². The Kier molecular flexibility index (Phi) is 7.23. The van der Waals surface area contributed by atoms with Gasteiger partial charge in [0.25, 0.3) is 5.56 Å². The maximum Gasteiger partial charge on any atom is 0.252 e. The number of nitrogens with one attached hydrogen (secondary N) is 1.